The first kappa shape index (κ1) is 18.4. The third kappa shape index (κ3) is 3.84. The van der Waals surface area contributed by atoms with Gasteiger partial charge in [-0.2, -0.15) is 4.98 Å². The summed E-state index contributed by atoms with van der Waals surface area (Å²) in [4.78, 5) is 30.8. The molecule has 0 unspecified atom stereocenters. The van der Waals surface area contributed by atoms with Gasteiger partial charge in [-0.25, -0.2) is 0 Å². The van der Waals surface area contributed by atoms with Crippen LogP contribution in [0.15, 0.2) is 28.8 Å². The predicted molar refractivity (Wildman–Crippen MR) is 97.4 cm³/mol. The standard InChI is InChI=1S/C19H22N4O5/c1-26-15-5-3-2-4-14(15)18-21-16(28-22-18)6-7-17(24)23-8-12-10-27-11-13(9-23)20-19(12)25/h2-5,12-13H,6-11H2,1H3,(H,20,25)/t12-,13+/m1/s1. The Kier molecular flexibility index (Phi) is 5.25. The van der Waals surface area contributed by atoms with Crippen molar-refractivity contribution in [2.75, 3.05) is 33.4 Å². The summed E-state index contributed by atoms with van der Waals surface area (Å²) in [5.74, 6) is 1.07. The summed E-state index contributed by atoms with van der Waals surface area (Å²) in [5, 5.41) is 6.92. The van der Waals surface area contributed by atoms with Crippen molar-refractivity contribution in [3.05, 3.63) is 30.2 Å². The number of para-hydroxylation sites is 1. The number of nitrogens with zero attached hydrogens (tertiary/aromatic N) is 3. The first-order valence-corrected chi connectivity index (χ1v) is 9.26. The van der Waals surface area contributed by atoms with E-state index in [2.05, 4.69) is 15.5 Å². The van der Waals surface area contributed by atoms with Gasteiger partial charge in [0.2, 0.25) is 23.5 Å². The molecular weight excluding hydrogens is 364 g/mol. The summed E-state index contributed by atoms with van der Waals surface area (Å²) < 4.78 is 16.1. The van der Waals surface area contributed by atoms with Crippen molar-refractivity contribution in [1.29, 1.82) is 0 Å². The topological polar surface area (TPSA) is 107 Å². The zero-order chi connectivity index (χ0) is 19.5. The number of nitrogens with one attached hydrogen (secondary N) is 1. The highest BCUT2D eigenvalue weighted by molar-refractivity contribution is 5.82. The number of aryl methyl sites for hydroxylation is 1. The largest absolute Gasteiger partial charge is 0.496 e. The van der Waals surface area contributed by atoms with Gasteiger partial charge in [0.1, 0.15) is 5.75 Å². The van der Waals surface area contributed by atoms with E-state index < -0.39 is 0 Å². The van der Waals surface area contributed by atoms with Crippen LogP contribution in [0.3, 0.4) is 0 Å². The van der Waals surface area contributed by atoms with Crippen molar-refractivity contribution in [3.8, 4) is 17.1 Å². The fraction of sp³-hybridized carbons (Fsp3) is 0.474. The van der Waals surface area contributed by atoms with E-state index in [0.29, 0.717) is 50.2 Å². The minimum absolute atomic E-state index is 0.0366. The quantitative estimate of drug-likeness (QED) is 0.804. The fourth-order valence-electron chi connectivity index (χ4n) is 3.50. The maximum Gasteiger partial charge on any atom is 0.227 e. The van der Waals surface area contributed by atoms with Gasteiger partial charge >= 0.3 is 0 Å². The maximum absolute atomic E-state index is 12.7. The Morgan fingerprint density at radius 2 is 2.18 bits per heavy atom. The van der Waals surface area contributed by atoms with Gasteiger partial charge in [0.05, 0.1) is 37.8 Å². The normalized spacial score (nSPS) is 21.8. The number of rotatable bonds is 5. The van der Waals surface area contributed by atoms with Crippen molar-refractivity contribution in [1.82, 2.24) is 20.4 Å². The molecule has 2 amide bonds. The summed E-state index contributed by atoms with van der Waals surface area (Å²) >= 11 is 0. The Labute approximate surface area is 162 Å². The third-order valence-electron chi connectivity index (χ3n) is 4.96. The van der Waals surface area contributed by atoms with Crippen LogP contribution in [0.2, 0.25) is 0 Å². The molecule has 9 nitrogen and oxygen atoms in total. The Hall–Kier alpha value is -2.94. The smallest absolute Gasteiger partial charge is 0.227 e. The van der Waals surface area contributed by atoms with Crippen LogP contribution in [0.5, 0.6) is 5.75 Å². The molecule has 148 valence electrons. The lowest BCUT2D eigenvalue weighted by Crippen LogP contribution is -2.44. The van der Waals surface area contributed by atoms with Gasteiger partial charge in [-0.15, -0.1) is 0 Å². The molecule has 3 heterocycles. The third-order valence-corrected chi connectivity index (χ3v) is 4.96. The van der Waals surface area contributed by atoms with Crippen LogP contribution in [0.25, 0.3) is 11.4 Å². The lowest BCUT2D eigenvalue weighted by atomic mass is 10.1. The van der Waals surface area contributed by atoms with Crippen LogP contribution in [0, 0.1) is 5.92 Å². The van der Waals surface area contributed by atoms with Crippen molar-refractivity contribution >= 4 is 11.8 Å². The molecule has 2 bridgehead atoms. The Morgan fingerprint density at radius 3 is 3.04 bits per heavy atom. The SMILES string of the molecule is COc1ccccc1-c1noc(CCC(=O)N2C[C@H]3COC[C@@H](C2)C(=O)N3)n1. The number of hydrogen-bond acceptors (Lipinski definition) is 7. The number of benzene rings is 1. The number of hydrogen-bond donors (Lipinski definition) is 1. The van der Waals surface area contributed by atoms with Crippen molar-refractivity contribution in [3.63, 3.8) is 0 Å². The molecule has 9 heteroatoms. The van der Waals surface area contributed by atoms with Gasteiger partial charge in [-0.05, 0) is 12.1 Å². The summed E-state index contributed by atoms with van der Waals surface area (Å²) in [6.07, 6.45) is 0.576. The molecule has 2 aliphatic heterocycles. The van der Waals surface area contributed by atoms with Crippen molar-refractivity contribution < 1.29 is 23.6 Å². The molecule has 0 saturated carbocycles. The number of carbonyl (C=O) groups excluding carboxylic acids is 2. The van der Waals surface area contributed by atoms with Crippen LogP contribution < -0.4 is 10.1 Å². The number of ether oxygens (including phenoxy) is 2. The van der Waals surface area contributed by atoms with E-state index in [9.17, 15) is 9.59 Å². The molecule has 1 aromatic carbocycles. The zero-order valence-electron chi connectivity index (χ0n) is 15.6. The number of aromatic nitrogens is 2. The van der Waals surface area contributed by atoms with E-state index in [4.69, 9.17) is 14.0 Å². The second-order valence-corrected chi connectivity index (χ2v) is 6.95. The molecule has 0 aliphatic carbocycles. The number of methoxy groups -OCH3 is 1. The van der Waals surface area contributed by atoms with E-state index in [0.717, 1.165) is 5.56 Å². The average Bonchev–Trinajstić information content (AvgIpc) is 3.02. The Morgan fingerprint density at radius 1 is 1.32 bits per heavy atom. The molecule has 0 radical (unpaired) electrons. The van der Waals surface area contributed by atoms with Gasteiger partial charge in [0.15, 0.2) is 0 Å². The average molecular weight is 386 g/mol. The molecule has 2 aliphatic rings. The first-order chi connectivity index (χ1) is 13.6. The van der Waals surface area contributed by atoms with Crippen molar-refractivity contribution in [2.45, 2.75) is 18.9 Å². The molecule has 4 rings (SSSR count). The maximum atomic E-state index is 12.7. The number of fused-ring (bicyclic) bond motifs is 3. The first-order valence-electron chi connectivity index (χ1n) is 9.26. The minimum atomic E-state index is -0.322. The molecule has 2 atom stereocenters. The summed E-state index contributed by atoms with van der Waals surface area (Å²) in [7, 11) is 1.58. The lowest BCUT2D eigenvalue weighted by Gasteiger charge is -2.27. The van der Waals surface area contributed by atoms with E-state index >= 15 is 0 Å². The molecule has 1 N–H and O–H groups in total. The summed E-state index contributed by atoms with van der Waals surface area (Å²) in [6, 6.07) is 7.24. The molecule has 2 aromatic rings. The van der Waals surface area contributed by atoms with Gasteiger partial charge in [0, 0.05) is 25.9 Å². The van der Waals surface area contributed by atoms with E-state index in [1.807, 2.05) is 24.3 Å². The Bertz CT molecular complexity index is 868. The zero-order valence-corrected chi connectivity index (χ0v) is 15.6. The van der Waals surface area contributed by atoms with Crippen LogP contribution in [0.1, 0.15) is 12.3 Å². The monoisotopic (exact) mass is 386 g/mol. The number of carbonyl (C=O) groups is 2. The van der Waals surface area contributed by atoms with E-state index in [1.165, 1.54) is 0 Å². The molecule has 28 heavy (non-hydrogen) atoms. The van der Waals surface area contributed by atoms with Gasteiger partial charge in [-0.3, -0.25) is 9.59 Å². The van der Waals surface area contributed by atoms with E-state index in [-0.39, 0.29) is 30.2 Å². The van der Waals surface area contributed by atoms with Gasteiger partial charge in [0.25, 0.3) is 0 Å². The van der Waals surface area contributed by atoms with Crippen LogP contribution in [-0.2, 0) is 20.7 Å². The van der Waals surface area contributed by atoms with Crippen LogP contribution in [-0.4, -0.2) is 66.3 Å². The van der Waals surface area contributed by atoms with Gasteiger partial charge in [-0.1, -0.05) is 17.3 Å². The molecule has 2 saturated heterocycles. The molecule has 2 fully saturated rings. The summed E-state index contributed by atoms with van der Waals surface area (Å²) in [5.41, 5.74) is 0.733. The van der Waals surface area contributed by atoms with Crippen LogP contribution >= 0.6 is 0 Å². The van der Waals surface area contributed by atoms with Crippen LogP contribution in [0.4, 0.5) is 0 Å². The molecule has 0 spiro atoms. The molecule has 1 aromatic heterocycles. The second-order valence-electron chi connectivity index (χ2n) is 6.95. The lowest BCUT2D eigenvalue weighted by molar-refractivity contribution is -0.133. The van der Waals surface area contributed by atoms with Crippen molar-refractivity contribution in [2.24, 2.45) is 5.92 Å². The fourth-order valence-corrected chi connectivity index (χ4v) is 3.50. The van der Waals surface area contributed by atoms with Gasteiger partial charge < -0.3 is 24.2 Å². The highest BCUT2D eigenvalue weighted by Gasteiger charge is 2.34. The summed E-state index contributed by atoms with van der Waals surface area (Å²) in [6.45, 7) is 1.60. The highest BCUT2D eigenvalue weighted by atomic mass is 16.5. The predicted octanol–water partition coefficient (Wildman–Crippen LogP) is 0.651. The molecular formula is C19H22N4O5. The minimum Gasteiger partial charge on any atom is -0.496 e. The van der Waals surface area contributed by atoms with E-state index in [1.54, 1.807) is 12.0 Å². The highest BCUT2D eigenvalue weighted by Crippen LogP contribution is 2.27. The second kappa shape index (κ2) is 7.97. The number of amides is 2. The Balaban J connectivity index is 1.39.